The van der Waals surface area contributed by atoms with Crippen LogP contribution in [0.3, 0.4) is 0 Å². The van der Waals surface area contributed by atoms with E-state index in [0.717, 1.165) is 0 Å². The molecule has 0 spiro atoms. The minimum atomic E-state index is -0.674. The summed E-state index contributed by atoms with van der Waals surface area (Å²) in [6, 6.07) is 4.35. The Kier molecular flexibility index (Phi) is 4.81. The molecule has 0 saturated carbocycles. The molecule has 0 aliphatic rings. The van der Waals surface area contributed by atoms with E-state index in [4.69, 9.17) is 0 Å². The Morgan fingerprint density at radius 1 is 1.32 bits per heavy atom. The van der Waals surface area contributed by atoms with Crippen LogP contribution >= 0.6 is 0 Å². The van der Waals surface area contributed by atoms with Crippen molar-refractivity contribution < 1.29 is 14.5 Å². The van der Waals surface area contributed by atoms with Gasteiger partial charge in [-0.3, -0.25) is 19.7 Å². The molecule has 102 valence electrons. The Bertz CT molecular complexity index is 515. The van der Waals surface area contributed by atoms with Gasteiger partial charge in [-0.1, -0.05) is 6.07 Å². The first-order chi connectivity index (χ1) is 9.01. The first-order valence-corrected chi connectivity index (χ1v) is 5.45. The molecule has 0 unspecified atom stereocenters. The van der Waals surface area contributed by atoms with Gasteiger partial charge in [0.15, 0.2) is 0 Å². The number of amides is 2. The summed E-state index contributed by atoms with van der Waals surface area (Å²) in [5.74, 6) is -1.06. The lowest BCUT2D eigenvalue weighted by Gasteiger charge is -2.08. The monoisotopic (exact) mass is 266 g/mol. The smallest absolute Gasteiger partial charge is 0.305 e. The lowest BCUT2D eigenvalue weighted by molar-refractivity contribution is -0.384. The summed E-state index contributed by atoms with van der Waals surface area (Å²) in [7, 11) is 2.95. The van der Waals surface area contributed by atoms with Crippen molar-refractivity contribution in [1.29, 1.82) is 0 Å². The lowest BCUT2D eigenvalue weighted by Crippen LogP contribution is -2.35. The van der Waals surface area contributed by atoms with Gasteiger partial charge >= 0.3 is 5.69 Å². The Labute approximate surface area is 109 Å². The standard InChI is InChI=1S/C11H14N4O4/c1-12-8-5-3-4-7(10(8)15(18)19)11(17)14-6-9(16)13-2/h3-5,12H,6H2,1-2H3,(H,13,16)(H,14,17). The number of para-hydroxylation sites is 1. The summed E-state index contributed by atoms with van der Waals surface area (Å²) < 4.78 is 0. The zero-order valence-electron chi connectivity index (χ0n) is 10.5. The number of nitrogens with zero attached hydrogens (tertiary/aromatic N) is 1. The Balaban J connectivity index is 3.02. The van der Waals surface area contributed by atoms with Crippen molar-refractivity contribution in [3.63, 3.8) is 0 Å². The van der Waals surface area contributed by atoms with E-state index in [1.165, 1.54) is 32.3 Å². The number of carbonyl (C=O) groups is 2. The van der Waals surface area contributed by atoms with Gasteiger partial charge in [0.1, 0.15) is 11.3 Å². The first kappa shape index (κ1) is 14.4. The van der Waals surface area contributed by atoms with Crippen LogP contribution in [-0.4, -0.2) is 37.4 Å². The maximum atomic E-state index is 11.8. The Hall–Kier alpha value is -2.64. The number of nitro benzene ring substituents is 1. The predicted octanol–water partition coefficient (Wildman–Crippen LogP) is 0.112. The summed E-state index contributed by atoms with van der Waals surface area (Å²) in [6.45, 7) is -0.240. The number of nitro groups is 1. The fraction of sp³-hybridized carbons (Fsp3) is 0.273. The quantitative estimate of drug-likeness (QED) is 0.517. The second-order valence-electron chi connectivity index (χ2n) is 3.56. The molecule has 8 heteroatoms. The predicted molar refractivity (Wildman–Crippen MR) is 69.0 cm³/mol. The highest BCUT2D eigenvalue weighted by molar-refractivity contribution is 6.01. The Morgan fingerprint density at radius 2 is 2.00 bits per heavy atom. The van der Waals surface area contributed by atoms with Crippen molar-refractivity contribution in [2.45, 2.75) is 0 Å². The molecule has 0 fully saturated rings. The summed E-state index contributed by atoms with van der Waals surface area (Å²) in [6.07, 6.45) is 0. The summed E-state index contributed by atoms with van der Waals surface area (Å²) in [4.78, 5) is 33.2. The average Bonchev–Trinajstić information content (AvgIpc) is 2.42. The average molecular weight is 266 g/mol. The van der Waals surface area contributed by atoms with Crippen LogP contribution < -0.4 is 16.0 Å². The number of hydrogen-bond acceptors (Lipinski definition) is 5. The van der Waals surface area contributed by atoms with Gasteiger partial charge in [-0.15, -0.1) is 0 Å². The van der Waals surface area contributed by atoms with E-state index in [0.29, 0.717) is 0 Å². The molecular formula is C11H14N4O4. The van der Waals surface area contributed by atoms with E-state index < -0.39 is 10.8 Å². The summed E-state index contributed by atoms with van der Waals surface area (Å²) in [5, 5.41) is 18.3. The fourth-order valence-corrected chi connectivity index (χ4v) is 1.47. The van der Waals surface area contributed by atoms with Gasteiger partial charge in [0.2, 0.25) is 5.91 Å². The van der Waals surface area contributed by atoms with Gasteiger partial charge in [0.25, 0.3) is 5.91 Å². The highest BCUT2D eigenvalue weighted by atomic mass is 16.6. The van der Waals surface area contributed by atoms with Gasteiger partial charge in [0.05, 0.1) is 11.5 Å². The number of benzene rings is 1. The number of likely N-dealkylation sites (N-methyl/N-ethyl adjacent to an activating group) is 1. The van der Waals surface area contributed by atoms with Crippen molar-refractivity contribution >= 4 is 23.2 Å². The number of anilines is 1. The molecule has 0 heterocycles. The molecule has 2 amide bonds. The molecule has 8 nitrogen and oxygen atoms in total. The molecule has 3 N–H and O–H groups in total. The van der Waals surface area contributed by atoms with Crippen molar-refractivity contribution in [2.24, 2.45) is 0 Å². The maximum absolute atomic E-state index is 11.8. The number of hydrogen-bond donors (Lipinski definition) is 3. The SMILES string of the molecule is CNC(=O)CNC(=O)c1cccc(NC)c1[N+](=O)[O-]. The van der Waals surface area contributed by atoms with E-state index in [-0.39, 0.29) is 29.4 Å². The lowest BCUT2D eigenvalue weighted by atomic mass is 10.1. The van der Waals surface area contributed by atoms with E-state index in [9.17, 15) is 19.7 Å². The molecule has 0 aliphatic heterocycles. The van der Waals surface area contributed by atoms with Crippen LogP contribution in [-0.2, 0) is 4.79 Å². The van der Waals surface area contributed by atoms with Gasteiger partial charge < -0.3 is 16.0 Å². The van der Waals surface area contributed by atoms with Crippen LogP contribution in [0.5, 0.6) is 0 Å². The highest BCUT2D eigenvalue weighted by Crippen LogP contribution is 2.27. The maximum Gasteiger partial charge on any atom is 0.305 e. The topological polar surface area (TPSA) is 113 Å². The van der Waals surface area contributed by atoms with Crippen molar-refractivity contribution in [2.75, 3.05) is 26.0 Å². The summed E-state index contributed by atoms with van der Waals surface area (Å²) in [5.41, 5.74) is -0.183. The largest absolute Gasteiger partial charge is 0.383 e. The van der Waals surface area contributed by atoms with Crippen molar-refractivity contribution in [3.8, 4) is 0 Å². The number of carbonyl (C=O) groups excluding carboxylic acids is 2. The molecule has 1 rings (SSSR count). The minimum Gasteiger partial charge on any atom is -0.383 e. The third-order valence-corrected chi connectivity index (χ3v) is 2.42. The van der Waals surface area contributed by atoms with E-state index in [2.05, 4.69) is 16.0 Å². The second kappa shape index (κ2) is 6.34. The number of rotatable bonds is 5. The Morgan fingerprint density at radius 3 is 2.53 bits per heavy atom. The highest BCUT2D eigenvalue weighted by Gasteiger charge is 2.23. The van der Waals surface area contributed by atoms with Crippen LogP contribution in [0.1, 0.15) is 10.4 Å². The molecule has 0 bridgehead atoms. The molecule has 1 aromatic rings. The first-order valence-electron chi connectivity index (χ1n) is 5.45. The zero-order chi connectivity index (χ0) is 14.4. The van der Waals surface area contributed by atoms with Crippen LogP contribution in [0, 0.1) is 10.1 Å². The molecular weight excluding hydrogens is 252 g/mol. The number of nitrogens with one attached hydrogen (secondary N) is 3. The van der Waals surface area contributed by atoms with Crippen LogP contribution in [0.4, 0.5) is 11.4 Å². The van der Waals surface area contributed by atoms with Crippen LogP contribution in [0.15, 0.2) is 18.2 Å². The molecule has 19 heavy (non-hydrogen) atoms. The fourth-order valence-electron chi connectivity index (χ4n) is 1.47. The zero-order valence-corrected chi connectivity index (χ0v) is 10.5. The van der Waals surface area contributed by atoms with Gasteiger partial charge in [0, 0.05) is 14.1 Å². The molecule has 0 radical (unpaired) electrons. The van der Waals surface area contributed by atoms with E-state index in [1.54, 1.807) is 0 Å². The van der Waals surface area contributed by atoms with Gasteiger partial charge in [-0.25, -0.2) is 0 Å². The normalized spacial score (nSPS) is 9.58. The van der Waals surface area contributed by atoms with Crippen molar-refractivity contribution in [3.05, 3.63) is 33.9 Å². The van der Waals surface area contributed by atoms with Gasteiger partial charge in [-0.05, 0) is 12.1 Å². The molecule has 0 aliphatic carbocycles. The molecule has 1 aromatic carbocycles. The molecule has 0 aromatic heterocycles. The van der Waals surface area contributed by atoms with Crippen molar-refractivity contribution in [1.82, 2.24) is 10.6 Å². The van der Waals surface area contributed by atoms with Crippen LogP contribution in [0.25, 0.3) is 0 Å². The van der Waals surface area contributed by atoms with E-state index in [1.807, 2.05) is 0 Å². The van der Waals surface area contributed by atoms with Crippen LogP contribution in [0.2, 0.25) is 0 Å². The molecule has 0 atom stereocenters. The van der Waals surface area contributed by atoms with Gasteiger partial charge in [-0.2, -0.15) is 0 Å². The third-order valence-electron chi connectivity index (χ3n) is 2.42. The summed E-state index contributed by atoms with van der Waals surface area (Å²) >= 11 is 0. The third kappa shape index (κ3) is 3.41. The van der Waals surface area contributed by atoms with E-state index >= 15 is 0 Å². The minimum absolute atomic E-state index is 0.0965. The molecule has 0 saturated heterocycles. The second-order valence-corrected chi connectivity index (χ2v) is 3.56.